The van der Waals surface area contributed by atoms with Crippen LogP contribution in [-0.4, -0.2) is 47.5 Å². The summed E-state index contributed by atoms with van der Waals surface area (Å²) >= 11 is 1.91. The molecular formula is C19H26FN3O2S. The lowest BCUT2D eigenvalue weighted by atomic mass is 9.85. The van der Waals surface area contributed by atoms with Gasteiger partial charge in [0.2, 0.25) is 5.91 Å². The van der Waals surface area contributed by atoms with Crippen LogP contribution in [0.2, 0.25) is 0 Å². The molecule has 1 aliphatic carbocycles. The summed E-state index contributed by atoms with van der Waals surface area (Å²) in [5, 5.41) is 5.79. The number of carbonyl (C=O) groups excluding carboxylic acids is 2. The Bertz CT molecular complexity index is 612. The van der Waals surface area contributed by atoms with Gasteiger partial charge in [-0.05, 0) is 43.4 Å². The molecule has 1 aromatic carbocycles. The van der Waals surface area contributed by atoms with Crippen LogP contribution in [-0.2, 0) is 11.3 Å². The summed E-state index contributed by atoms with van der Waals surface area (Å²) in [6.45, 7) is 2.11. The van der Waals surface area contributed by atoms with E-state index in [0.29, 0.717) is 12.5 Å². The molecule has 0 spiro atoms. The number of hydrogen-bond donors (Lipinski definition) is 2. The zero-order chi connectivity index (χ0) is 18.4. The van der Waals surface area contributed by atoms with Crippen molar-refractivity contribution in [3.63, 3.8) is 0 Å². The first-order valence-electron chi connectivity index (χ1n) is 9.27. The maximum Gasteiger partial charge on any atom is 0.315 e. The van der Waals surface area contributed by atoms with Crippen molar-refractivity contribution in [1.29, 1.82) is 0 Å². The van der Waals surface area contributed by atoms with Crippen LogP contribution in [0.15, 0.2) is 24.3 Å². The normalized spacial score (nSPS) is 23.3. The monoisotopic (exact) mass is 379 g/mol. The molecule has 2 fully saturated rings. The van der Waals surface area contributed by atoms with E-state index in [4.69, 9.17) is 0 Å². The number of urea groups is 1. The number of nitrogens with one attached hydrogen (secondary N) is 2. The van der Waals surface area contributed by atoms with Crippen molar-refractivity contribution in [2.75, 3.05) is 24.6 Å². The highest BCUT2D eigenvalue weighted by Crippen LogP contribution is 2.27. The summed E-state index contributed by atoms with van der Waals surface area (Å²) < 4.78 is 12.9. The molecule has 2 N–H and O–H groups in total. The van der Waals surface area contributed by atoms with Gasteiger partial charge in [0.05, 0.1) is 0 Å². The zero-order valence-electron chi connectivity index (χ0n) is 14.9. The summed E-state index contributed by atoms with van der Waals surface area (Å²) in [6.07, 6.45) is 3.35. The summed E-state index contributed by atoms with van der Waals surface area (Å²) in [4.78, 5) is 26.6. The molecule has 0 aromatic heterocycles. The minimum Gasteiger partial charge on any atom is -0.341 e. The average molecular weight is 380 g/mol. The number of amides is 3. The molecule has 3 amide bonds. The van der Waals surface area contributed by atoms with Crippen molar-refractivity contribution in [3.05, 3.63) is 35.6 Å². The Morgan fingerprint density at radius 2 is 1.73 bits per heavy atom. The Morgan fingerprint density at radius 1 is 1.08 bits per heavy atom. The second-order valence-electron chi connectivity index (χ2n) is 6.94. The standard InChI is InChI=1S/C19H26FN3O2S/c20-16-5-1-14(2-6-16)13-21-19(25)22-17-7-3-15(4-8-17)18(24)23-9-11-26-12-10-23/h1-2,5-6,15,17H,3-4,7-13H2,(H2,21,22,25). The smallest absolute Gasteiger partial charge is 0.315 e. The van der Waals surface area contributed by atoms with E-state index >= 15 is 0 Å². The van der Waals surface area contributed by atoms with Crippen molar-refractivity contribution in [2.45, 2.75) is 38.3 Å². The van der Waals surface area contributed by atoms with Gasteiger partial charge in [-0.15, -0.1) is 0 Å². The molecule has 2 aliphatic rings. The van der Waals surface area contributed by atoms with Crippen molar-refractivity contribution in [3.8, 4) is 0 Å². The number of carbonyl (C=O) groups is 2. The number of nitrogens with zero attached hydrogens (tertiary/aromatic N) is 1. The maximum absolute atomic E-state index is 12.9. The van der Waals surface area contributed by atoms with Crippen LogP contribution in [0.3, 0.4) is 0 Å². The van der Waals surface area contributed by atoms with Gasteiger partial charge in [0.25, 0.3) is 0 Å². The fraction of sp³-hybridized carbons (Fsp3) is 0.579. The number of thioether (sulfide) groups is 1. The van der Waals surface area contributed by atoms with Crippen LogP contribution >= 0.6 is 11.8 Å². The number of halogens is 1. The summed E-state index contributed by atoms with van der Waals surface area (Å²) in [5.74, 6) is 2.20. The predicted molar refractivity (Wildman–Crippen MR) is 101 cm³/mol. The van der Waals surface area contributed by atoms with E-state index in [1.165, 1.54) is 12.1 Å². The molecule has 0 unspecified atom stereocenters. The SMILES string of the molecule is O=C(NCc1ccc(F)cc1)NC1CCC(C(=O)N2CCSCC2)CC1. The molecule has 1 saturated carbocycles. The third-order valence-corrected chi connectivity index (χ3v) is 6.04. The van der Waals surface area contributed by atoms with Crippen molar-refractivity contribution >= 4 is 23.7 Å². The van der Waals surface area contributed by atoms with Gasteiger partial charge >= 0.3 is 6.03 Å². The van der Waals surface area contributed by atoms with Gasteiger partial charge in [0.1, 0.15) is 5.82 Å². The molecule has 1 aromatic rings. The lowest BCUT2D eigenvalue weighted by Gasteiger charge is -2.34. The van der Waals surface area contributed by atoms with Crippen molar-refractivity contribution in [1.82, 2.24) is 15.5 Å². The number of hydrogen-bond acceptors (Lipinski definition) is 3. The van der Waals surface area contributed by atoms with Gasteiger partial charge in [-0.2, -0.15) is 11.8 Å². The molecule has 1 heterocycles. The molecule has 5 nitrogen and oxygen atoms in total. The van der Waals surface area contributed by atoms with Crippen molar-refractivity contribution in [2.24, 2.45) is 5.92 Å². The van der Waals surface area contributed by atoms with Crippen molar-refractivity contribution < 1.29 is 14.0 Å². The minimum absolute atomic E-state index is 0.110. The van der Waals surface area contributed by atoms with Gasteiger partial charge < -0.3 is 15.5 Å². The average Bonchev–Trinajstić information content (AvgIpc) is 2.68. The molecule has 1 saturated heterocycles. The maximum atomic E-state index is 12.9. The molecule has 142 valence electrons. The fourth-order valence-electron chi connectivity index (χ4n) is 3.55. The fourth-order valence-corrected chi connectivity index (χ4v) is 4.45. The van der Waals surface area contributed by atoms with E-state index in [9.17, 15) is 14.0 Å². The summed E-state index contributed by atoms with van der Waals surface area (Å²) in [7, 11) is 0. The Labute approximate surface area is 158 Å². The van der Waals surface area contributed by atoms with E-state index in [-0.39, 0.29) is 23.8 Å². The predicted octanol–water partition coefficient (Wildman–Crippen LogP) is 2.76. The highest BCUT2D eigenvalue weighted by atomic mass is 32.2. The number of rotatable bonds is 4. The second-order valence-corrected chi connectivity index (χ2v) is 8.16. The first-order valence-corrected chi connectivity index (χ1v) is 10.4. The first-order chi connectivity index (χ1) is 12.6. The molecule has 0 bridgehead atoms. The minimum atomic E-state index is -0.284. The topological polar surface area (TPSA) is 61.4 Å². The molecule has 1 aliphatic heterocycles. The van der Waals surface area contributed by atoms with Crippen LogP contribution in [0, 0.1) is 11.7 Å². The van der Waals surface area contributed by atoms with Crippen LogP contribution in [0.25, 0.3) is 0 Å². The second kappa shape index (κ2) is 9.26. The van der Waals surface area contributed by atoms with Crippen LogP contribution in [0.4, 0.5) is 9.18 Å². The number of benzene rings is 1. The summed E-state index contributed by atoms with van der Waals surface area (Å²) in [6, 6.07) is 5.99. The molecule has 3 rings (SSSR count). The molecule has 0 atom stereocenters. The van der Waals surface area contributed by atoms with Gasteiger partial charge in [0.15, 0.2) is 0 Å². The van der Waals surface area contributed by atoms with E-state index < -0.39 is 0 Å². The lowest BCUT2D eigenvalue weighted by Crippen LogP contribution is -2.46. The molecule has 0 radical (unpaired) electrons. The van der Waals surface area contributed by atoms with E-state index in [0.717, 1.165) is 55.8 Å². The van der Waals surface area contributed by atoms with Gasteiger partial charge in [-0.3, -0.25) is 4.79 Å². The van der Waals surface area contributed by atoms with E-state index in [1.807, 2.05) is 16.7 Å². The first kappa shape index (κ1) is 19.0. The molecule has 26 heavy (non-hydrogen) atoms. The van der Waals surface area contributed by atoms with Crippen LogP contribution in [0.1, 0.15) is 31.2 Å². The van der Waals surface area contributed by atoms with Gasteiger partial charge in [-0.25, -0.2) is 9.18 Å². The molecule has 7 heteroatoms. The van der Waals surface area contributed by atoms with E-state index in [2.05, 4.69) is 10.6 Å². The van der Waals surface area contributed by atoms with Gasteiger partial charge in [-0.1, -0.05) is 12.1 Å². The van der Waals surface area contributed by atoms with Crippen LogP contribution in [0.5, 0.6) is 0 Å². The lowest BCUT2D eigenvalue weighted by molar-refractivity contribution is -0.136. The Hall–Kier alpha value is -1.76. The molecular weight excluding hydrogens is 353 g/mol. The third-order valence-electron chi connectivity index (χ3n) is 5.10. The highest BCUT2D eigenvalue weighted by Gasteiger charge is 2.30. The Balaban J connectivity index is 1.37. The zero-order valence-corrected chi connectivity index (χ0v) is 15.7. The quantitative estimate of drug-likeness (QED) is 0.846. The largest absolute Gasteiger partial charge is 0.341 e. The Morgan fingerprint density at radius 3 is 2.38 bits per heavy atom. The third kappa shape index (κ3) is 5.37. The van der Waals surface area contributed by atoms with Crippen LogP contribution < -0.4 is 10.6 Å². The Kier molecular flexibility index (Phi) is 6.77. The summed E-state index contributed by atoms with van der Waals surface area (Å²) in [5.41, 5.74) is 0.857. The van der Waals surface area contributed by atoms with Gasteiger partial charge in [0, 0.05) is 43.1 Å². The highest BCUT2D eigenvalue weighted by molar-refractivity contribution is 7.99. The van der Waals surface area contributed by atoms with E-state index in [1.54, 1.807) is 12.1 Å².